The maximum absolute atomic E-state index is 12.3. The third-order valence-electron chi connectivity index (χ3n) is 5.87. The van der Waals surface area contributed by atoms with E-state index in [1.165, 1.54) is 0 Å². The fourth-order valence-corrected chi connectivity index (χ4v) is 3.31. The minimum Gasteiger partial charge on any atom is -0.444 e. The molecule has 0 atom stereocenters. The highest BCUT2D eigenvalue weighted by molar-refractivity contribution is 6.62. The van der Waals surface area contributed by atoms with Crippen LogP contribution in [0.2, 0.25) is 0 Å². The maximum Gasteiger partial charge on any atom is 0.498 e. The van der Waals surface area contributed by atoms with E-state index in [9.17, 15) is 4.79 Å². The van der Waals surface area contributed by atoms with Crippen LogP contribution >= 0.6 is 0 Å². The summed E-state index contributed by atoms with van der Waals surface area (Å²) in [6.45, 7) is 14.7. The van der Waals surface area contributed by atoms with E-state index in [0.717, 1.165) is 5.46 Å². The van der Waals surface area contributed by atoms with E-state index in [1.54, 1.807) is 15.8 Å². The number of nitrogens with two attached hydrogens (primary N) is 1. The van der Waals surface area contributed by atoms with Crippen LogP contribution in [-0.2, 0) is 19.7 Å². The molecule has 2 aliphatic heterocycles. The smallest absolute Gasteiger partial charge is 0.444 e. The number of piperidine rings is 1. The lowest BCUT2D eigenvalue weighted by Crippen LogP contribution is -2.54. The second-order valence-electron chi connectivity index (χ2n) is 9.88. The molecule has 9 heteroatoms. The van der Waals surface area contributed by atoms with Crippen LogP contribution in [0, 0.1) is 0 Å². The third kappa shape index (κ3) is 4.06. The average Bonchev–Trinajstić information content (AvgIpc) is 3.10. The van der Waals surface area contributed by atoms with E-state index in [0.29, 0.717) is 25.9 Å². The molecule has 2 N–H and O–H groups in total. The van der Waals surface area contributed by atoms with Crippen molar-refractivity contribution in [3.05, 3.63) is 12.4 Å². The number of hydrogen-bond donors (Lipinski definition) is 1. The van der Waals surface area contributed by atoms with E-state index in [-0.39, 0.29) is 6.09 Å². The Labute approximate surface area is 167 Å². The minimum absolute atomic E-state index is 0.298. The van der Waals surface area contributed by atoms with Crippen LogP contribution in [0.3, 0.4) is 0 Å². The Morgan fingerprint density at radius 3 is 2.21 bits per heavy atom. The first-order valence-corrected chi connectivity index (χ1v) is 9.90. The summed E-state index contributed by atoms with van der Waals surface area (Å²) in [5, 5.41) is 4.48. The number of hydrogen-bond acceptors (Lipinski definition) is 6. The van der Waals surface area contributed by atoms with Gasteiger partial charge in [0.1, 0.15) is 11.3 Å². The zero-order valence-electron chi connectivity index (χ0n) is 18.1. The van der Waals surface area contributed by atoms with Crippen molar-refractivity contribution < 1.29 is 18.8 Å². The second-order valence-corrected chi connectivity index (χ2v) is 9.88. The Morgan fingerprint density at radius 1 is 1.18 bits per heavy atom. The lowest BCUT2D eigenvalue weighted by Gasteiger charge is -2.39. The van der Waals surface area contributed by atoms with Crippen molar-refractivity contribution in [3.8, 4) is 0 Å². The van der Waals surface area contributed by atoms with Gasteiger partial charge in [-0.3, -0.25) is 4.68 Å². The van der Waals surface area contributed by atoms with Gasteiger partial charge in [0.15, 0.2) is 0 Å². The van der Waals surface area contributed by atoms with Crippen molar-refractivity contribution in [1.82, 2.24) is 14.7 Å². The Kier molecular flexibility index (Phi) is 5.09. The van der Waals surface area contributed by atoms with Crippen LogP contribution in [0.1, 0.15) is 61.3 Å². The van der Waals surface area contributed by atoms with Gasteiger partial charge in [0, 0.05) is 43.8 Å². The van der Waals surface area contributed by atoms with Gasteiger partial charge in [-0.05, 0) is 48.5 Å². The number of ether oxygens (including phenoxy) is 1. The predicted octanol–water partition coefficient (Wildman–Crippen LogP) is 1.82. The first-order chi connectivity index (χ1) is 12.7. The second kappa shape index (κ2) is 6.74. The third-order valence-corrected chi connectivity index (χ3v) is 5.87. The van der Waals surface area contributed by atoms with Gasteiger partial charge in [-0.25, -0.2) is 4.79 Å². The molecule has 2 aliphatic rings. The van der Waals surface area contributed by atoms with Gasteiger partial charge in [-0.15, -0.1) is 0 Å². The van der Waals surface area contributed by atoms with Crippen LogP contribution in [0.5, 0.6) is 0 Å². The molecule has 1 aromatic heterocycles. The highest BCUT2D eigenvalue weighted by atomic mass is 16.7. The molecule has 3 heterocycles. The molecule has 0 bridgehead atoms. The lowest BCUT2D eigenvalue weighted by atomic mass is 9.82. The van der Waals surface area contributed by atoms with Gasteiger partial charge < -0.3 is 24.7 Å². The molecule has 156 valence electrons. The van der Waals surface area contributed by atoms with E-state index >= 15 is 0 Å². The molecule has 0 aromatic carbocycles. The minimum atomic E-state index is -0.652. The molecule has 1 aromatic rings. The maximum atomic E-state index is 12.3. The van der Waals surface area contributed by atoms with Gasteiger partial charge in [-0.1, -0.05) is 0 Å². The van der Waals surface area contributed by atoms with Crippen molar-refractivity contribution in [2.75, 3.05) is 13.1 Å². The molecule has 0 radical (unpaired) electrons. The summed E-state index contributed by atoms with van der Waals surface area (Å²) in [6, 6.07) is 0. The largest absolute Gasteiger partial charge is 0.498 e. The molecule has 0 aliphatic carbocycles. The Hall–Kier alpha value is -1.58. The highest BCUT2D eigenvalue weighted by Crippen LogP contribution is 2.36. The van der Waals surface area contributed by atoms with Crippen LogP contribution in [0.25, 0.3) is 0 Å². The Morgan fingerprint density at radius 2 is 1.71 bits per heavy atom. The molecular formula is C19H33BN4O4. The van der Waals surface area contributed by atoms with Gasteiger partial charge in [0.2, 0.25) is 0 Å². The lowest BCUT2D eigenvalue weighted by molar-refractivity contribution is 0.00578. The molecule has 0 unspecified atom stereocenters. The first-order valence-electron chi connectivity index (χ1n) is 9.90. The van der Waals surface area contributed by atoms with Crippen molar-refractivity contribution in [3.63, 3.8) is 0 Å². The summed E-state index contributed by atoms with van der Waals surface area (Å²) in [5.74, 6) is 0. The van der Waals surface area contributed by atoms with Crippen molar-refractivity contribution in [2.24, 2.45) is 5.73 Å². The van der Waals surface area contributed by atoms with Crippen molar-refractivity contribution in [1.29, 1.82) is 0 Å². The van der Waals surface area contributed by atoms with Crippen molar-refractivity contribution in [2.45, 2.75) is 83.8 Å². The number of carbonyl (C=O) groups is 1. The summed E-state index contributed by atoms with van der Waals surface area (Å²) in [5.41, 5.74) is 5.51. The number of rotatable bonds is 2. The number of likely N-dealkylation sites (tertiary alicyclic amines) is 1. The summed E-state index contributed by atoms with van der Waals surface area (Å²) in [7, 11) is -0.468. The van der Waals surface area contributed by atoms with Crippen LogP contribution in [0.4, 0.5) is 4.79 Å². The summed E-state index contributed by atoms with van der Waals surface area (Å²) >= 11 is 0. The molecule has 28 heavy (non-hydrogen) atoms. The number of amides is 1. The SMILES string of the molecule is CC(C)(C)OC(=O)N1CCC(N)(n2cc(B3OC(C)(C)C(C)(C)O3)cn2)CC1. The molecule has 8 nitrogen and oxygen atoms in total. The summed E-state index contributed by atoms with van der Waals surface area (Å²) < 4.78 is 19.4. The Balaban J connectivity index is 1.65. The highest BCUT2D eigenvalue weighted by Gasteiger charge is 2.52. The van der Waals surface area contributed by atoms with Gasteiger partial charge in [0.25, 0.3) is 0 Å². The standard InChI is InChI=1S/C19H33BN4O4/c1-16(2,3)26-15(25)23-10-8-19(21,9-11-23)24-13-14(12-22-24)20-27-17(4,5)18(6,7)28-20/h12-13H,8-11,21H2,1-7H3. The van der Waals surface area contributed by atoms with E-state index in [1.807, 2.05) is 54.7 Å². The zero-order valence-corrected chi connectivity index (χ0v) is 18.1. The monoisotopic (exact) mass is 392 g/mol. The topological polar surface area (TPSA) is 91.8 Å². The van der Waals surface area contributed by atoms with Gasteiger partial charge >= 0.3 is 13.2 Å². The quantitative estimate of drug-likeness (QED) is 0.772. The molecule has 0 saturated carbocycles. The number of aromatic nitrogens is 2. The fourth-order valence-electron chi connectivity index (χ4n) is 3.31. The van der Waals surface area contributed by atoms with E-state index in [2.05, 4.69) is 5.10 Å². The van der Waals surface area contributed by atoms with Crippen LogP contribution < -0.4 is 11.2 Å². The molecule has 2 saturated heterocycles. The van der Waals surface area contributed by atoms with Gasteiger partial charge in [0.05, 0.1) is 11.2 Å². The van der Waals surface area contributed by atoms with Crippen LogP contribution in [-0.4, -0.2) is 57.8 Å². The molecular weight excluding hydrogens is 359 g/mol. The average molecular weight is 392 g/mol. The van der Waals surface area contributed by atoms with E-state index < -0.39 is 29.6 Å². The van der Waals surface area contributed by atoms with E-state index in [4.69, 9.17) is 19.8 Å². The molecule has 0 spiro atoms. The first kappa shape index (κ1) is 21.1. The molecule has 3 rings (SSSR count). The number of nitrogens with zero attached hydrogens (tertiary/aromatic N) is 3. The summed E-state index contributed by atoms with van der Waals surface area (Å²) in [6.07, 6.45) is 4.53. The van der Waals surface area contributed by atoms with Crippen molar-refractivity contribution >= 4 is 18.7 Å². The van der Waals surface area contributed by atoms with Crippen LogP contribution in [0.15, 0.2) is 12.4 Å². The predicted molar refractivity (Wildman–Crippen MR) is 107 cm³/mol. The molecule has 2 fully saturated rings. The number of carbonyl (C=O) groups excluding carboxylic acids is 1. The summed E-state index contributed by atoms with van der Waals surface area (Å²) in [4.78, 5) is 14.0. The fraction of sp³-hybridized carbons (Fsp3) is 0.789. The Bertz CT molecular complexity index is 717. The normalized spacial score (nSPS) is 23.7. The zero-order chi connectivity index (χ0) is 21.0. The van der Waals surface area contributed by atoms with Gasteiger partial charge in [-0.2, -0.15) is 5.10 Å². The molecule has 1 amide bonds.